The summed E-state index contributed by atoms with van der Waals surface area (Å²) in [5.41, 5.74) is 10.7. The minimum atomic E-state index is -1.41. The quantitative estimate of drug-likeness (QED) is 0.0117. The van der Waals surface area contributed by atoms with Crippen molar-refractivity contribution in [3.63, 3.8) is 0 Å². The molecule has 117 heavy (non-hydrogen) atoms. The Kier molecular flexibility index (Phi) is 45.0. The average Bonchev–Trinajstić information content (AvgIpc) is 1.62. The first-order valence-electron chi connectivity index (χ1n) is 34.5. The maximum Gasteiger partial charge on any atom is 0 e. The molecule has 17 nitrogen and oxygen atoms in total. The molecular formula is C89H83BCl2IN6Na2O11P2PdS2-. The summed E-state index contributed by atoms with van der Waals surface area (Å²) in [5.74, 6) is 1.28. The number of aromatic nitrogens is 4. The predicted molar refractivity (Wildman–Crippen MR) is 497 cm³/mol. The van der Waals surface area contributed by atoms with E-state index in [1.807, 2.05) is 128 Å². The number of para-hydroxylation sites is 2. The van der Waals surface area contributed by atoms with Gasteiger partial charge in [-0.05, 0) is 161 Å². The molecule has 0 aliphatic carbocycles. The fourth-order valence-corrected chi connectivity index (χ4v) is 17.6. The van der Waals surface area contributed by atoms with Crippen molar-refractivity contribution < 1.29 is 68.2 Å². The molecule has 0 saturated carbocycles. The van der Waals surface area contributed by atoms with E-state index in [4.69, 9.17) is 67.0 Å². The van der Waals surface area contributed by atoms with Gasteiger partial charge in [0, 0.05) is 166 Å². The summed E-state index contributed by atoms with van der Waals surface area (Å²) in [6.07, 6.45) is 13.8. The van der Waals surface area contributed by atoms with E-state index >= 15 is 0 Å². The molecule has 0 fully saturated rings. The van der Waals surface area contributed by atoms with Gasteiger partial charge in [0.25, 0.3) is 0 Å². The third-order valence-electron chi connectivity index (χ3n) is 16.4. The predicted octanol–water partition coefficient (Wildman–Crippen LogP) is 19.5. The van der Waals surface area contributed by atoms with Crippen molar-refractivity contribution in [1.29, 1.82) is 0 Å². The van der Waals surface area contributed by atoms with Gasteiger partial charge < -0.3 is 48.1 Å². The number of anilines is 2. The molecule has 3 N–H and O–H groups in total. The molecule has 0 aliphatic rings. The van der Waals surface area contributed by atoms with Crippen molar-refractivity contribution in [1.82, 2.24) is 17.9 Å². The molecular weight excluding hydrogens is 1820 g/mol. The van der Waals surface area contributed by atoms with Crippen molar-refractivity contribution in [3.8, 4) is 44.9 Å². The van der Waals surface area contributed by atoms with E-state index in [1.165, 1.54) is 56.1 Å². The standard InChI is InChI=1S/C25H21N3O3S.C21H18IN3O2S.2C18H15P.C4H5BO3.CHO3.2CH4.2ClH.2Na.Pd/c1-27(2)21-10-8-18(9-11-21)20-14-23-24(19-12-13-29-17-19)16-28(25(23)26-15-20)32-31-30-22-6-4-3-5-7-22;1-24(2)17-10-8-15(9-11-17)16-12-19-20(22)14-25(21(19)23-13-16)28-27-26-18-6-4-3-5-7-18;2*1-4-10-16(11-5-1)19(17-12-6-2-7-13-17)18-14-8-3-9-15-18;6-5(7)4-1-2-8-3-4;2-1-4-3;;;;;;;/h3-17H,1-2H3;3-14H,1-2H3;2*1-15H;1-3,6-7H;3H;2*1H4;2*1H;;;/q;;;;;-1;;;;;;;+2/p-2. The largest absolute Gasteiger partial charge is 0.0622 e. The van der Waals surface area contributed by atoms with E-state index in [0.29, 0.717) is 17.0 Å². The van der Waals surface area contributed by atoms with E-state index in [-0.39, 0.29) is 89.9 Å². The molecule has 0 aliphatic heterocycles. The van der Waals surface area contributed by atoms with Gasteiger partial charge in [0.1, 0.15) is 0 Å². The topological polar surface area (TPSA) is 192 Å². The summed E-state index contributed by atoms with van der Waals surface area (Å²) >= 11 is 4.37. The number of furan rings is 2. The maximum atomic E-state index is 8.58. The van der Waals surface area contributed by atoms with Gasteiger partial charge in [-0.25, -0.2) is 23.2 Å². The van der Waals surface area contributed by atoms with Gasteiger partial charge in [0.2, 0.25) is 0 Å². The van der Waals surface area contributed by atoms with Gasteiger partial charge in [-0.1, -0.05) is 266 Å². The monoisotopic (exact) mass is 1900 g/mol. The number of benzene rings is 10. The Hall–Kier alpha value is -7.79. The second-order valence-electron chi connectivity index (χ2n) is 24.2. The minimum absolute atomic E-state index is 0. The Morgan fingerprint density at radius 3 is 1.07 bits per heavy atom. The van der Waals surface area contributed by atoms with Crippen molar-refractivity contribution in [2.45, 2.75) is 14.9 Å². The molecule has 6 aromatic heterocycles. The van der Waals surface area contributed by atoms with Gasteiger partial charge in [-0.2, -0.15) is 0 Å². The zero-order valence-corrected chi connectivity index (χ0v) is 75.8. The normalized spacial score (nSPS) is 10.1. The Morgan fingerprint density at radius 1 is 0.453 bits per heavy atom. The van der Waals surface area contributed by atoms with Crippen LogP contribution in [0.2, 0.25) is 0 Å². The van der Waals surface area contributed by atoms with Crippen LogP contribution in [0, 0.1) is 3.57 Å². The van der Waals surface area contributed by atoms with Gasteiger partial charge in [0.15, 0.2) is 47.3 Å². The second kappa shape index (κ2) is 53.7. The third-order valence-corrected chi connectivity index (χ3v) is 23.3. The number of fused-ring (bicyclic) bond motifs is 2. The molecule has 6 heterocycles. The number of pyridine rings is 2. The van der Waals surface area contributed by atoms with Gasteiger partial charge in [-0.15, -0.1) is 0 Å². The Labute approximate surface area is 769 Å². The SMILES string of the molecule is C.C.CN(C)c1ccc(-c2cnc3c(c2)c(-c2ccoc2)cn3SOOc2ccccc2)cc1.CN(C)c1ccc(-c2cnc3c(c2)c(I)cn3SOOc2ccccc2)cc1.O=[C-]OO.OB(O)c1ccoc1.[Cl][Pd][Cl].[Na].[Na].c1ccc(P(c2ccccc2)c2ccccc2)cc1.c1ccc(P(c2ccccc2)c2ccccc2)cc1. The summed E-state index contributed by atoms with van der Waals surface area (Å²) in [6.45, 7) is 0.736. The van der Waals surface area contributed by atoms with Crippen LogP contribution in [0.5, 0.6) is 11.5 Å². The molecule has 10 aromatic carbocycles. The van der Waals surface area contributed by atoms with Crippen LogP contribution in [0.4, 0.5) is 11.4 Å². The van der Waals surface area contributed by atoms with Gasteiger partial charge in [-0.3, -0.25) is 0 Å². The fourth-order valence-electron chi connectivity index (χ4n) is 11.0. The molecule has 0 spiro atoms. The number of nitrogens with zero attached hydrogens (tertiary/aromatic N) is 6. The zero-order valence-electron chi connectivity index (χ0n) is 63.2. The number of hydrogen-bond donors (Lipinski definition) is 3. The molecule has 0 unspecified atom stereocenters. The first kappa shape index (κ1) is 98.0. The number of carbonyl (C=O) groups excluding carboxylic acids is 1. The van der Waals surface area contributed by atoms with Crippen LogP contribution in [0.3, 0.4) is 0 Å². The van der Waals surface area contributed by atoms with Crippen LogP contribution in [-0.4, -0.2) is 134 Å². The van der Waals surface area contributed by atoms with Crippen LogP contribution >= 0.6 is 81.9 Å². The minimum Gasteiger partial charge on any atom is -0.0622 e. The molecule has 594 valence electrons. The van der Waals surface area contributed by atoms with E-state index < -0.39 is 23.0 Å². The van der Waals surface area contributed by atoms with Crippen molar-refractivity contribution >= 4 is 225 Å². The number of rotatable bonds is 21. The summed E-state index contributed by atoms with van der Waals surface area (Å²) in [5, 5.41) is 34.2. The van der Waals surface area contributed by atoms with Gasteiger partial charge in [0.05, 0.1) is 25.1 Å². The van der Waals surface area contributed by atoms with Gasteiger partial charge >= 0.3 is 42.1 Å². The molecule has 0 saturated heterocycles. The Balaban J connectivity index is 0.000000230. The van der Waals surface area contributed by atoms with Crippen LogP contribution in [0.15, 0.2) is 374 Å². The average molecular weight is 1900 g/mol. The van der Waals surface area contributed by atoms with E-state index in [2.05, 4.69) is 289 Å². The molecule has 16 rings (SSSR count). The van der Waals surface area contributed by atoms with E-state index in [9.17, 15) is 0 Å². The van der Waals surface area contributed by atoms with E-state index in [1.54, 1.807) is 12.5 Å². The summed E-state index contributed by atoms with van der Waals surface area (Å²) in [4.78, 5) is 35.5. The third kappa shape index (κ3) is 30.1. The summed E-state index contributed by atoms with van der Waals surface area (Å²) in [6, 6.07) is 108. The first-order chi connectivity index (χ1) is 55.3. The van der Waals surface area contributed by atoms with Crippen LogP contribution in [-0.2, 0) is 34.3 Å². The molecule has 28 heteroatoms. The molecule has 0 bridgehead atoms. The maximum absolute atomic E-state index is 8.58. The molecule has 16 aromatic rings. The smallest absolute Gasteiger partial charge is 0 e. The fraction of sp³-hybridized carbons (Fsp3) is 0.0674. The second-order valence-corrected chi connectivity index (χ2v) is 33.5. The van der Waals surface area contributed by atoms with Crippen molar-refractivity contribution in [3.05, 3.63) is 369 Å². The summed E-state index contributed by atoms with van der Waals surface area (Å²) in [7, 11) is 15.5. The molecule has 0 atom stereocenters. The molecule has 0 amide bonds. The first-order valence-corrected chi connectivity index (χ1v) is 43.7. The zero-order chi connectivity index (χ0) is 79.4. The van der Waals surface area contributed by atoms with Crippen LogP contribution in [0.25, 0.3) is 55.4 Å². The van der Waals surface area contributed by atoms with Crippen molar-refractivity contribution in [2.75, 3.05) is 38.0 Å². The summed E-state index contributed by atoms with van der Waals surface area (Å²) < 4.78 is 25.4. The van der Waals surface area contributed by atoms with Crippen LogP contribution < -0.4 is 56.9 Å². The Bertz CT molecular complexity index is 5070. The molecule has 2 radical (unpaired) electrons. The number of hydrogen-bond acceptors (Lipinski definition) is 17. The van der Waals surface area contributed by atoms with Crippen LogP contribution in [0.1, 0.15) is 14.9 Å². The number of halogens is 3. The van der Waals surface area contributed by atoms with Crippen molar-refractivity contribution in [2.24, 2.45) is 0 Å². The Morgan fingerprint density at radius 2 is 0.769 bits per heavy atom. The van der Waals surface area contributed by atoms with E-state index in [0.717, 1.165) is 95.6 Å².